The third kappa shape index (κ3) is 4.65. The monoisotopic (exact) mass is 328 g/mol. The van der Waals surface area contributed by atoms with Gasteiger partial charge in [0.2, 0.25) is 0 Å². The van der Waals surface area contributed by atoms with Gasteiger partial charge in [0.1, 0.15) is 5.75 Å². The van der Waals surface area contributed by atoms with E-state index in [0.717, 1.165) is 12.2 Å². The molecule has 0 aromatic heterocycles. The molecule has 0 aliphatic heterocycles. The molecule has 0 unspecified atom stereocenters. The van der Waals surface area contributed by atoms with Gasteiger partial charge in [-0.3, -0.25) is 0 Å². The zero-order valence-electron chi connectivity index (χ0n) is 16.2. The average molecular weight is 329 g/mol. The molecule has 3 rings (SSSR count). The van der Waals surface area contributed by atoms with Gasteiger partial charge in [0.05, 0.1) is 6.10 Å². The first-order valence-corrected chi connectivity index (χ1v) is 10.2. The van der Waals surface area contributed by atoms with Crippen LogP contribution in [-0.4, -0.2) is 6.10 Å². The van der Waals surface area contributed by atoms with E-state index in [0.29, 0.717) is 11.5 Å². The minimum absolute atomic E-state index is 0.435. The molecule has 24 heavy (non-hydrogen) atoms. The highest BCUT2D eigenvalue weighted by atomic mass is 16.5. The summed E-state index contributed by atoms with van der Waals surface area (Å²) in [6, 6.07) is 8.70. The topological polar surface area (TPSA) is 9.23 Å². The molecule has 1 nitrogen and oxygen atoms in total. The van der Waals surface area contributed by atoms with Crippen molar-refractivity contribution < 1.29 is 4.74 Å². The van der Waals surface area contributed by atoms with E-state index < -0.39 is 0 Å². The Kier molecular flexibility index (Phi) is 7.40. The van der Waals surface area contributed by atoms with Crippen LogP contribution in [0.3, 0.4) is 0 Å². The van der Waals surface area contributed by atoms with Crippen LogP contribution in [0.2, 0.25) is 0 Å². The van der Waals surface area contributed by atoms with Crippen LogP contribution in [-0.2, 0) is 0 Å². The van der Waals surface area contributed by atoms with Crippen LogP contribution in [0.1, 0.15) is 91.0 Å². The fourth-order valence-electron chi connectivity index (χ4n) is 4.46. The summed E-state index contributed by atoms with van der Waals surface area (Å²) in [4.78, 5) is 0. The highest BCUT2D eigenvalue weighted by molar-refractivity contribution is 5.65. The lowest BCUT2D eigenvalue weighted by Gasteiger charge is -2.37. The smallest absolute Gasteiger partial charge is 0.119 e. The predicted molar refractivity (Wildman–Crippen MR) is 106 cm³/mol. The Morgan fingerprint density at radius 2 is 1.62 bits per heavy atom. The number of benzene rings is 1. The Balaban J connectivity index is 0.00000100. The van der Waals surface area contributed by atoms with Gasteiger partial charge in [-0.25, -0.2) is 0 Å². The summed E-state index contributed by atoms with van der Waals surface area (Å²) < 4.78 is 6.24. The number of hydrogen-bond donors (Lipinski definition) is 0. The van der Waals surface area contributed by atoms with Crippen LogP contribution in [0.15, 0.2) is 30.3 Å². The predicted octanol–water partition coefficient (Wildman–Crippen LogP) is 7.41. The molecule has 2 saturated carbocycles. The maximum absolute atomic E-state index is 6.24. The standard InChI is InChI=1S/C21H30O.C2H6/c1-3-17(4-2)18-7-9-19(10-8-18)22-20-11-15-21(16-12-20)13-5-6-14-21;1-2/h3,7-10,20H,4-6,11-16H2,1-2H3;1-2H3/b17-3+;. The highest BCUT2D eigenvalue weighted by Gasteiger charge is 2.37. The lowest BCUT2D eigenvalue weighted by atomic mass is 9.72. The second kappa shape index (κ2) is 9.30. The van der Waals surface area contributed by atoms with Crippen molar-refractivity contribution in [2.75, 3.05) is 0 Å². The van der Waals surface area contributed by atoms with Crippen LogP contribution in [0, 0.1) is 5.41 Å². The molecule has 2 aliphatic rings. The molecule has 1 aromatic rings. The van der Waals surface area contributed by atoms with E-state index in [1.165, 1.54) is 62.5 Å². The normalized spacial score (nSPS) is 20.6. The molecule has 0 N–H and O–H groups in total. The van der Waals surface area contributed by atoms with E-state index in [2.05, 4.69) is 44.2 Å². The molecule has 0 radical (unpaired) electrons. The molecule has 2 aliphatic carbocycles. The maximum Gasteiger partial charge on any atom is 0.119 e. The van der Waals surface area contributed by atoms with Crippen molar-refractivity contribution in [2.24, 2.45) is 5.41 Å². The van der Waals surface area contributed by atoms with E-state index in [4.69, 9.17) is 4.74 Å². The average Bonchev–Trinajstić information content (AvgIpc) is 3.10. The van der Waals surface area contributed by atoms with Gasteiger partial charge < -0.3 is 4.74 Å². The molecule has 0 bridgehead atoms. The Labute approximate surface area is 149 Å². The molecular formula is C23H36O. The van der Waals surface area contributed by atoms with Crippen LogP contribution in [0.5, 0.6) is 5.75 Å². The lowest BCUT2D eigenvalue weighted by Crippen LogP contribution is -2.30. The van der Waals surface area contributed by atoms with Gasteiger partial charge in [-0.15, -0.1) is 0 Å². The summed E-state index contributed by atoms with van der Waals surface area (Å²) in [5.41, 5.74) is 3.43. The van der Waals surface area contributed by atoms with Crippen LogP contribution in [0.4, 0.5) is 0 Å². The van der Waals surface area contributed by atoms with Crippen molar-refractivity contribution >= 4 is 5.57 Å². The van der Waals surface area contributed by atoms with E-state index in [9.17, 15) is 0 Å². The Morgan fingerprint density at radius 1 is 1.04 bits per heavy atom. The number of ether oxygens (including phenoxy) is 1. The number of allylic oxidation sites excluding steroid dienone is 2. The van der Waals surface area contributed by atoms with E-state index in [-0.39, 0.29) is 0 Å². The quantitative estimate of drug-likeness (QED) is 0.559. The van der Waals surface area contributed by atoms with Gasteiger partial charge in [0.25, 0.3) is 0 Å². The zero-order valence-corrected chi connectivity index (χ0v) is 16.2. The number of hydrogen-bond acceptors (Lipinski definition) is 1. The van der Waals surface area contributed by atoms with Gasteiger partial charge >= 0.3 is 0 Å². The lowest BCUT2D eigenvalue weighted by molar-refractivity contribution is 0.0824. The van der Waals surface area contributed by atoms with Gasteiger partial charge in [-0.2, -0.15) is 0 Å². The molecule has 0 atom stereocenters. The van der Waals surface area contributed by atoms with Crippen molar-refractivity contribution in [3.63, 3.8) is 0 Å². The van der Waals surface area contributed by atoms with Gasteiger partial charge in [-0.05, 0) is 80.6 Å². The first-order chi connectivity index (χ1) is 11.7. The van der Waals surface area contributed by atoms with Crippen molar-refractivity contribution in [3.8, 4) is 5.75 Å². The minimum atomic E-state index is 0.435. The SMILES string of the molecule is C/C=C(\CC)c1ccc(OC2CCC3(CCCC3)CC2)cc1.CC. The third-order valence-corrected chi connectivity index (χ3v) is 5.91. The summed E-state index contributed by atoms with van der Waals surface area (Å²) in [7, 11) is 0. The van der Waals surface area contributed by atoms with Crippen LogP contribution < -0.4 is 4.74 Å². The summed E-state index contributed by atoms with van der Waals surface area (Å²) in [6.07, 6.45) is 14.8. The molecule has 1 aromatic carbocycles. The van der Waals surface area contributed by atoms with E-state index in [1.54, 1.807) is 0 Å². The maximum atomic E-state index is 6.24. The molecule has 134 valence electrons. The zero-order chi connectivity index (χ0) is 17.4. The van der Waals surface area contributed by atoms with E-state index >= 15 is 0 Å². The Hall–Kier alpha value is -1.24. The first kappa shape index (κ1) is 19.1. The van der Waals surface area contributed by atoms with Crippen molar-refractivity contribution in [3.05, 3.63) is 35.9 Å². The summed E-state index contributed by atoms with van der Waals surface area (Å²) in [5.74, 6) is 1.04. The van der Waals surface area contributed by atoms with E-state index in [1.807, 2.05) is 13.8 Å². The van der Waals surface area contributed by atoms with Crippen molar-refractivity contribution in [1.82, 2.24) is 0 Å². The molecule has 0 heterocycles. The molecule has 1 heteroatoms. The minimum Gasteiger partial charge on any atom is -0.490 e. The summed E-state index contributed by atoms with van der Waals surface area (Å²) in [6.45, 7) is 8.32. The third-order valence-electron chi connectivity index (χ3n) is 5.91. The second-order valence-corrected chi connectivity index (χ2v) is 7.22. The highest BCUT2D eigenvalue weighted by Crippen LogP contribution is 2.49. The first-order valence-electron chi connectivity index (χ1n) is 10.2. The van der Waals surface area contributed by atoms with Crippen molar-refractivity contribution in [1.29, 1.82) is 0 Å². The molecule has 1 spiro atoms. The number of rotatable bonds is 4. The van der Waals surface area contributed by atoms with Gasteiger partial charge in [0.15, 0.2) is 0 Å². The Morgan fingerprint density at radius 3 is 2.12 bits per heavy atom. The van der Waals surface area contributed by atoms with Gasteiger partial charge in [0, 0.05) is 0 Å². The fraction of sp³-hybridized carbons (Fsp3) is 0.652. The Bertz CT molecular complexity index is 495. The summed E-state index contributed by atoms with van der Waals surface area (Å²) >= 11 is 0. The fourth-order valence-corrected chi connectivity index (χ4v) is 4.46. The molecule has 2 fully saturated rings. The van der Waals surface area contributed by atoms with Crippen LogP contribution in [0.25, 0.3) is 5.57 Å². The molecular weight excluding hydrogens is 292 g/mol. The molecule has 0 amide bonds. The van der Waals surface area contributed by atoms with Crippen LogP contribution >= 0.6 is 0 Å². The molecule has 0 saturated heterocycles. The second-order valence-electron chi connectivity index (χ2n) is 7.22. The van der Waals surface area contributed by atoms with Gasteiger partial charge in [-0.1, -0.05) is 51.8 Å². The van der Waals surface area contributed by atoms with Crippen molar-refractivity contribution in [2.45, 2.75) is 91.6 Å². The summed E-state index contributed by atoms with van der Waals surface area (Å²) in [5, 5.41) is 0. The largest absolute Gasteiger partial charge is 0.490 e.